The molecule has 0 aliphatic carbocycles. The van der Waals surface area contributed by atoms with Gasteiger partial charge in [-0.3, -0.25) is 4.79 Å². The van der Waals surface area contributed by atoms with Gasteiger partial charge in [0.1, 0.15) is 5.69 Å². The standard InChI is InChI=1S/C21H22N2O5/c1-13(15-10-17(25-2)20(27-4)18(11-15)26-3)22-21(24)19-12-16(23-28-19)14-8-6-5-7-9-14/h5-13H,1-4H3,(H,22,24)/t13-/m1/s1. The van der Waals surface area contributed by atoms with Gasteiger partial charge in [-0.1, -0.05) is 35.5 Å². The number of amides is 1. The van der Waals surface area contributed by atoms with E-state index in [4.69, 9.17) is 18.7 Å². The Hall–Kier alpha value is -3.48. The van der Waals surface area contributed by atoms with Gasteiger partial charge in [-0.25, -0.2) is 0 Å². The third kappa shape index (κ3) is 3.93. The van der Waals surface area contributed by atoms with E-state index in [1.807, 2.05) is 37.3 Å². The minimum Gasteiger partial charge on any atom is -0.493 e. The lowest BCUT2D eigenvalue weighted by molar-refractivity contribution is 0.0902. The summed E-state index contributed by atoms with van der Waals surface area (Å²) >= 11 is 0. The fraction of sp³-hybridized carbons (Fsp3) is 0.238. The highest BCUT2D eigenvalue weighted by atomic mass is 16.5. The van der Waals surface area contributed by atoms with Crippen LogP contribution in [0.4, 0.5) is 0 Å². The van der Waals surface area contributed by atoms with E-state index in [-0.39, 0.29) is 17.7 Å². The Kier molecular flexibility index (Phi) is 5.84. The Morgan fingerprint density at radius 1 is 1.00 bits per heavy atom. The van der Waals surface area contributed by atoms with Gasteiger partial charge >= 0.3 is 0 Å². The van der Waals surface area contributed by atoms with Crippen molar-refractivity contribution in [1.29, 1.82) is 0 Å². The fourth-order valence-electron chi connectivity index (χ4n) is 2.83. The number of rotatable bonds is 7. The predicted molar refractivity (Wildman–Crippen MR) is 104 cm³/mol. The lowest BCUT2D eigenvalue weighted by Gasteiger charge is -2.18. The zero-order chi connectivity index (χ0) is 20.1. The van der Waals surface area contributed by atoms with Crippen LogP contribution in [0.2, 0.25) is 0 Å². The van der Waals surface area contributed by atoms with Crippen LogP contribution < -0.4 is 19.5 Å². The number of hydrogen-bond donors (Lipinski definition) is 1. The highest BCUT2D eigenvalue weighted by Crippen LogP contribution is 2.39. The summed E-state index contributed by atoms with van der Waals surface area (Å²) in [4.78, 5) is 12.6. The van der Waals surface area contributed by atoms with E-state index in [9.17, 15) is 4.79 Å². The molecule has 3 rings (SSSR count). The summed E-state index contributed by atoms with van der Waals surface area (Å²) < 4.78 is 21.3. The molecule has 0 saturated heterocycles. The lowest BCUT2D eigenvalue weighted by atomic mass is 10.1. The summed E-state index contributed by atoms with van der Waals surface area (Å²) in [6.45, 7) is 1.85. The summed E-state index contributed by atoms with van der Waals surface area (Å²) in [6, 6.07) is 14.4. The van der Waals surface area contributed by atoms with Gasteiger partial charge in [-0.15, -0.1) is 0 Å². The van der Waals surface area contributed by atoms with Crippen molar-refractivity contribution in [2.75, 3.05) is 21.3 Å². The first-order valence-electron chi connectivity index (χ1n) is 8.70. The minimum absolute atomic E-state index is 0.137. The molecule has 1 N–H and O–H groups in total. The van der Waals surface area contributed by atoms with Crippen LogP contribution in [0, 0.1) is 0 Å². The molecule has 2 aromatic carbocycles. The molecule has 1 heterocycles. The lowest BCUT2D eigenvalue weighted by Crippen LogP contribution is -2.26. The van der Waals surface area contributed by atoms with Gasteiger partial charge in [0.05, 0.1) is 27.4 Å². The molecule has 0 spiro atoms. The monoisotopic (exact) mass is 382 g/mol. The number of benzene rings is 2. The van der Waals surface area contributed by atoms with Crippen molar-refractivity contribution in [2.45, 2.75) is 13.0 Å². The highest BCUT2D eigenvalue weighted by Gasteiger charge is 2.20. The zero-order valence-corrected chi connectivity index (χ0v) is 16.2. The van der Waals surface area contributed by atoms with E-state index in [0.717, 1.165) is 11.1 Å². The second-order valence-corrected chi connectivity index (χ2v) is 6.10. The summed E-state index contributed by atoms with van der Waals surface area (Å²) in [5.74, 6) is 1.30. The third-order valence-corrected chi connectivity index (χ3v) is 4.34. The number of carbonyl (C=O) groups is 1. The van der Waals surface area contributed by atoms with E-state index < -0.39 is 0 Å². The average Bonchev–Trinajstić information content (AvgIpc) is 3.23. The van der Waals surface area contributed by atoms with Crippen molar-refractivity contribution in [2.24, 2.45) is 0 Å². The Bertz CT molecular complexity index is 927. The molecule has 0 radical (unpaired) electrons. The van der Waals surface area contributed by atoms with Crippen LogP contribution in [-0.2, 0) is 0 Å². The van der Waals surface area contributed by atoms with Crippen molar-refractivity contribution in [1.82, 2.24) is 10.5 Å². The average molecular weight is 382 g/mol. The quantitative estimate of drug-likeness (QED) is 0.668. The summed E-state index contributed by atoms with van der Waals surface area (Å²) in [5.41, 5.74) is 2.28. The SMILES string of the molecule is COc1cc([C@@H](C)NC(=O)c2cc(-c3ccccc3)no2)cc(OC)c1OC. The fourth-order valence-corrected chi connectivity index (χ4v) is 2.83. The van der Waals surface area contributed by atoms with Crippen LogP contribution in [0.1, 0.15) is 29.1 Å². The molecule has 0 aliphatic heterocycles. The van der Waals surface area contributed by atoms with E-state index in [2.05, 4.69) is 10.5 Å². The van der Waals surface area contributed by atoms with Crippen LogP contribution in [0.5, 0.6) is 17.2 Å². The molecule has 1 aromatic heterocycles. The van der Waals surface area contributed by atoms with Crippen LogP contribution in [0.15, 0.2) is 53.1 Å². The summed E-state index contributed by atoms with van der Waals surface area (Å²) in [6.07, 6.45) is 0. The van der Waals surface area contributed by atoms with E-state index in [0.29, 0.717) is 22.9 Å². The van der Waals surface area contributed by atoms with Gasteiger partial charge in [0.25, 0.3) is 5.91 Å². The first-order chi connectivity index (χ1) is 13.6. The van der Waals surface area contributed by atoms with Crippen molar-refractivity contribution in [3.05, 3.63) is 59.9 Å². The molecular weight excluding hydrogens is 360 g/mol. The number of nitrogens with zero attached hydrogens (tertiary/aromatic N) is 1. The van der Waals surface area contributed by atoms with E-state index in [1.54, 1.807) is 39.5 Å². The molecule has 1 amide bonds. The first-order valence-corrected chi connectivity index (χ1v) is 8.70. The highest BCUT2D eigenvalue weighted by molar-refractivity contribution is 5.92. The van der Waals surface area contributed by atoms with Crippen molar-refractivity contribution in [3.8, 4) is 28.5 Å². The molecule has 0 fully saturated rings. The molecule has 0 bridgehead atoms. The number of carbonyl (C=O) groups excluding carboxylic acids is 1. The second kappa shape index (κ2) is 8.47. The topological polar surface area (TPSA) is 82.8 Å². The van der Waals surface area contributed by atoms with Gasteiger partial charge in [0.2, 0.25) is 11.5 Å². The molecule has 7 heteroatoms. The van der Waals surface area contributed by atoms with Crippen LogP contribution in [-0.4, -0.2) is 32.4 Å². The third-order valence-electron chi connectivity index (χ3n) is 4.34. The van der Waals surface area contributed by atoms with Crippen molar-refractivity contribution >= 4 is 5.91 Å². The number of ether oxygens (including phenoxy) is 3. The molecule has 146 valence electrons. The maximum atomic E-state index is 12.6. The van der Waals surface area contributed by atoms with Gasteiger partial charge in [0.15, 0.2) is 11.5 Å². The smallest absolute Gasteiger partial charge is 0.290 e. The van der Waals surface area contributed by atoms with Crippen LogP contribution in [0.25, 0.3) is 11.3 Å². The van der Waals surface area contributed by atoms with Crippen molar-refractivity contribution in [3.63, 3.8) is 0 Å². The Morgan fingerprint density at radius 2 is 1.64 bits per heavy atom. The summed E-state index contributed by atoms with van der Waals surface area (Å²) in [5, 5.41) is 6.87. The molecule has 3 aromatic rings. The molecule has 28 heavy (non-hydrogen) atoms. The Morgan fingerprint density at radius 3 is 2.21 bits per heavy atom. The largest absolute Gasteiger partial charge is 0.493 e. The number of methoxy groups -OCH3 is 3. The molecule has 7 nitrogen and oxygen atoms in total. The van der Waals surface area contributed by atoms with Gasteiger partial charge < -0.3 is 24.1 Å². The first kappa shape index (κ1) is 19.3. The second-order valence-electron chi connectivity index (χ2n) is 6.10. The van der Waals surface area contributed by atoms with Crippen LogP contribution in [0.3, 0.4) is 0 Å². The molecular formula is C21H22N2O5. The van der Waals surface area contributed by atoms with Crippen molar-refractivity contribution < 1.29 is 23.5 Å². The van der Waals surface area contributed by atoms with E-state index in [1.165, 1.54) is 0 Å². The van der Waals surface area contributed by atoms with E-state index >= 15 is 0 Å². The Balaban J connectivity index is 1.79. The van der Waals surface area contributed by atoms with Gasteiger partial charge in [-0.2, -0.15) is 0 Å². The Labute approximate surface area is 163 Å². The minimum atomic E-state index is -0.365. The molecule has 1 atom stereocenters. The molecule has 0 saturated carbocycles. The van der Waals surface area contributed by atoms with Gasteiger partial charge in [-0.05, 0) is 24.6 Å². The summed E-state index contributed by atoms with van der Waals surface area (Å²) in [7, 11) is 4.63. The maximum absolute atomic E-state index is 12.6. The predicted octanol–water partition coefficient (Wildman–Crippen LogP) is 3.86. The molecule has 0 unspecified atom stereocenters. The number of hydrogen-bond acceptors (Lipinski definition) is 6. The number of nitrogens with one attached hydrogen (secondary N) is 1. The normalized spacial score (nSPS) is 11.6. The zero-order valence-electron chi connectivity index (χ0n) is 16.2. The van der Waals surface area contributed by atoms with Gasteiger partial charge in [0, 0.05) is 11.6 Å². The van der Waals surface area contributed by atoms with Crippen LogP contribution >= 0.6 is 0 Å². The maximum Gasteiger partial charge on any atom is 0.290 e. The molecule has 0 aliphatic rings. The number of aromatic nitrogens is 1.